The second-order valence-electron chi connectivity index (χ2n) is 6.97. The van der Waals surface area contributed by atoms with Crippen molar-refractivity contribution >= 4 is 0 Å². The molecule has 23 heavy (non-hydrogen) atoms. The first-order chi connectivity index (χ1) is 11.1. The Labute approximate surface area is 143 Å². The highest BCUT2D eigenvalue weighted by atomic mass is 14.9. The highest BCUT2D eigenvalue weighted by Gasteiger charge is 2.12. The minimum absolute atomic E-state index is 0.412. The van der Waals surface area contributed by atoms with Crippen molar-refractivity contribution in [2.45, 2.75) is 64.8 Å². The van der Waals surface area contributed by atoms with Gasteiger partial charge in [-0.2, -0.15) is 0 Å². The fourth-order valence-electron chi connectivity index (χ4n) is 3.07. The minimum Gasteiger partial charge on any atom is -0.311 e. The quantitative estimate of drug-likeness (QED) is 0.460. The van der Waals surface area contributed by atoms with Gasteiger partial charge < -0.3 is 5.32 Å². The first-order valence-electron chi connectivity index (χ1n) is 9.14. The summed E-state index contributed by atoms with van der Waals surface area (Å²) in [5.74, 6) is 1.17. The number of rotatable bonds is 12. The van der Waals surface area contributed by atoms with Crippen molar-refractivity contribution < 1.29 is 0 Å². The van der Waals surface area contributed by atoms with Gasteiger partial charge in [0.15, 0.2) is 0 Å². The molecule has 0 aliphatic rings. The zero-order valence-corrected chi connectivity index (χ0v) is 15.4. The SMILES string of the molecule is C=CC(CC(C)NCC(=C)CC(C)CCCC)c1ccccc1. The number of hydrogen-bond donors (Lipinski definition) is 1. The monoisotopic (exact) mass is 313 g/mol. The summed E-state index contributed by atoms with van der Waals surface area (Å²) < 4.78 is 0. The summed E-state index contributed by atoms with van der Waals surface area (Å²) in [7, 11) is 0. The first kappa shape index (κ1) is 19.7. The fraction of sp³-hybridized carbons (Fsp3) is 0.545. The zero-order chi connectivity index (χ0) is 17.1. The first-order valence-corrected chi connectivity index (χ1v) is 9.14. The van der Waals surface area contributed by atoms with E-state index in [0.717, 1.165) is 25.3 Å². The lowest BCUT2D eigenvalue weighted by atomic mass is 9.92. The van der Waals surface area contributed by atoms with Gasteiger partial charge in [0.2, 0.25) is 0 Å². The molecule has 0 radical (unpaired) electrons. The van der Waals surface area contributed by atoms with Crippen LogP contribution in [0.15, 0.2) is 55.1 Å². The van der Waals surface area contributed by atoms with Crippen LogP contribution in [-0.2, 0) is 0 Å². The third kappa shape index (κ3) is 8.18. The normalized spacial score (nSPS) is 14.9. The van der Waals surface area contributed by atoms with Gasteiger partial charge >= 0.3 is 0 Å². The Morgan fingerprint density at radius 1 is 1.22 bits per heavy atom. The third-order valence-corrected chi connectivity index (χ3v) is 4.51. The summed E-state index contributed by atoms with van der Waals surface area (Å²) in [5.41, 5.74) is 2.68. The lowest BCUT2D eigenvalue weighted by Gasteiger charge is -2.21. The predicted octanol–water partition coefficient (Wildman–Crippen LogP) is 6.10. The third-order valence-electron chi connectivity index (χ3n) is 4.51. The molecule has 1 aromatic rings. The van der Waals surface area contributed by atoms with Gasteiger partial charge in [-0.15, -0.1) is 6.58 Å². The van der Waals surface area contributed by atoms with Gasteiger partial charge in [0, 0.05) is 18.5 Å². The second kappa shape index (κ2) is 11.2. The number of unbranched alkanes of at least 4 members (excludes halogenated alkanes) is 1. The van der Waals surface area contributed by atoms with Crippen LogP contribution in [-0.4, -0.2) is 12.6 Å². The summed E-state index contributed by atoms with van der Waals surface area (Å²) in [6, 6.07) is 11.1. The standard InChI is InChI=1S/C22H35N/c1-6-8-12-18(3)15-19(4)17-23-20(5)16-21(7-2)22-13-10-9-11-14-22/h7,9-11,13-14,18,20-21,23H,2,4,6,8,12,15-17H2,1,3,5H3. The van der Waals surface area contributed by atoms with E-state index < -0.39 is 0 Å². The Kier molecular flexibility index (Phi) is 9.63. The van der Waals surface area contributed by atoms with Crippen LogP contribution in [0.25, 0.3) is 0 Å². The summed E-state index contributed by atoms with van der Waals surface area (Å²) >= 11 is 0. The van der Waals surface area contributed by atoms with Crippen LogP contribution in [0.5, 0.6) is 0 Å². The Hall–Kier alpha value is -1.34. The second-order valence-corrected chi connectivity index (χ2v) is 6.97. The molecule has 0 saturated heterocycles. The molecule has 1 N–H and O–H groups in total. The van der Waals surface area contributed by atoms with Crippen LogP contribution < -0.4 is 5.32 Å². The van der Waals surface area contributed by atoms with E-state index in [1.807, 2.05) is 0 Å². The van der Waals surface area contributed by atoms with Crippen LogP contribution in [0.1, 0.15) is 64.4 Å². The maximum absolute atomic E-state index is 4.25. The van der Waals surface area contributed by atoms with E-state index in [0.29, 0.717) is 12.0 Å². The van der Waals surface area contributed by atoms with Crippen molar-refractivity contribution in [3.05, 3.63) is 60.7 Å². The zero-order valence-electron chi connectivity index (χ0n) is 15.4. The lowest BCUT2D eigenvalue weighted by molar-refractivity contribution is 0.475. The van der Waals surface area contributed by atoms with Gasteiger partial charge in [-0.3, -0.25) is 0 Å². The molecule has 1 heteroatoms. The van der Waals surface area contributed by atoms with Gasteiger partial charge in [-0.05, 0) is 31.2 Å². The van der Waals surface area contributed by atoms with E-state index in [1.54, 1.807) is 0 Å². The molecule has 0 aromatic heterocycles. The molecule has 0 bridgehead atoms. The van der Waals surface area contributed by atoms with Gasteiger partial charge in [0.1, 0.15) is 0 Å². The van der Waals surface area contributed by atoms with Crippen LogP contribution in [0.4, 0.5) is 0 Å². The fourth-order valence-corrected chi connectivity index (χ4v) is 3.07. The molecular formula is C22H35N. The summed E-state index contributed by atoms with van der Waals surface area (Å²) in [4.78, 5) is 0. The van der Waals surface area contributed by atoms with E-state index in [-0.39, 0.29) is 0 Å². The largest absolute Gasteiger partial charge is 0.311 e. The Morgan fingerprint density at radius 3 is 2.52 bits per heavy atom. The molecule has 1 rings (SSSR count). The van der Waals surface area contributed by atoms with Crippen molar-refractivity contribution in [2.24, 2.45) is 5.92 Å². The molecule has 1 nitrogen and oxygen atoms in total. The average molecular weight is 314 g/mol. The lowest BCUT2D eigenvalue weighted by Crippen LogP contribution is -2.29. The summed E-state index contributed by atoms with van der Waals surface area (Å²) in [5, 5.41) is 3.63. The molecular weight excluding hydrogens is 278 g/mol. The smallest absolute Gasteiger partial charge is 0.0164 e. The average Bonchev–Trinajstić information content (AvgIpc) is 2.56. The van der Waals surface area contributed by atoms with E-state index in [2.05, 4.69) is 75.7 Å². The number of benzene rings is 1. The molecule has 3 atom stereocenters. The maximum atomic E-state index is 4.25. The van der Waals surface area contributed by atoms with Gasteiger partial charge in [-0.1, -0.05) is 81.7 Å². The topological polar surface area (TPSA) is 12.0 Å². The van der Waals surface area contributed by atoms with Crippen molar-refractivity contribution in [3.63, 3.8) is 0 Å². The van der Waals surface area contributed by atoms with Crippen molar-refractivity contribution in [1.82, 2.24) is 5.32 Å². The minimum atomic E-state index is 0.412. The van der Waals surface area contributed by atoms with Crippen LogP contribution in [0.2, 0.25) is 0 Å². The Bertz CT molecular complexity index is 448. The van der Waals surface area contributed by atoms with Crippen molar-refractivity contribution in [1.29, 1.82) is 0 Å². The summed E-state index contributed by atoms with van der Waals surface area (Å²) in [6.07, 6.45) is 8.22. The molecule has 128 valence electrons. The van der Waals surface area contributed by atoms with Crippen molar-refractivity contribution in [2.75, 3.05) is 6.54 Å². The van der Waals surface area contributed by atoms with E-state index >= 15 is 0 Å². The van der Waals surface area contributed by atoms with Gasteiger partial charge in [0.25, 0.3) is 0 Å². The molecule has 0 saturated carbocycles. The molecule has 3 unspecified atom stereocenters. The van der Waals surface area contributed by atoms with E-state index in [1.165, 1.54) is 30.4 Å². The molecule has 0 fully saturated rings. The molecule has 0 amide bonds. The summed E-state index contributed by atoms with van der Waals surface area (Å²) in [6.45, 7) is 16.0. The van der Waals surface area contributed by atoms with E-state index in [9.17, 15) is 0 Å². The Morgan fingerprint density at radius 2 is 1.91 bits per heavy atom. The van der Waals surface area contributed by atoms with Crippen LogP contribution in [0, 0.1) is 5.92 Å². The number of allylic oxidation sites excluding steroid dienone is 1. The van der Waals surface area contributed by atoms with E-state index in [4.69, 9.17) is 0 Å². The molecule has 0 aliphatic carbocycles. The number of nitrogens with one attached hydrogen (secondary N) is 1. The highest BCUT2D eigenvalue weighted by Crippen LogP contribution is 2.22. The van der Waals surface area contributed by atoms with Gasteiger partial charge in [0.05, 0.1) is 0 Å². The van der Waals surface area contributed by atoms with Crippen molar-refractivity contribution in [3.8, 4) is 0 Å². The molecule has 0 heterocycles. The Balaban J connectivity index is 2.34. The van der Waals surface area contributed by atoms with Crippen LogP contribution in [0.3, 0.4) is 0 Å². The highest BCUT2D eigenvalue weighted by molar-refractivity contribution is 5.23. The number of hydrogen-bond acceptors (Lipinski definition) is 1. The molecule has 1 aromatic carbocycles. The predicted molar refractivity (Wildman–Crippen MR) is 104 cm³/mol. The molecule has 0 spiro atoms. The molecule has 0 aliphatic heterocycles. The van der Waals surface area contributed by atoms with Crippen LogP contribution >= 0.6 is 0 Å². The van der Waals surface area contributed by atoms with Gasteiger partial charge in [-0.25, -0.2) is 0 Å². The maximum Gasteiger partial charge on any atom is 0.0164 e.